The molecular weight excluding hydrogens is 246 g/mol. The lowest BCUT2D eigenvalue weighted by atomic mass is 9.69. The van der Waals surface area contributed by atoms with Gasteiger partial charge in [-0.3, -0.25) is 4.79 Å². The molecule has 1 heterocycles. The van der Waals surface area contributed by atoms with Crippen LogP contribution in [-0.2, 0) is 0 Å². The van der Waals surface area contributed by atoms with E-state index < -0.39 is 0 Å². The van der Waals surface area contributed by atoms with E-state index in [0.717, 1.165) is 18.0 Å². The zero-order valence-corrected chi connectivity index (χ0v) is 12.1. The van der Waals surface area contributed by atoms with E-state index in [-0.39, 0.29) is 17.4 Å². The van der Waals surface area contributed by atoms with Crippen molar-refractivity contribution in [3.8, 4) is 0 Å². The van der Waals surface area contributed by atoms with Crippen molar-refractivity contribution in [1.82, 2.24) is 14.9 Å². The van der Waals surface area contributed by atoms with Crippen LogP contribution in [-0.4, -0.2) is 21.5 Å². The Morgan fingerprint density at radius 3 is 2.72 bits per heavy atom. The first kappa shape index (κ1) is 13.5. The van der Waals surface area contributed by atoms with Gasteiger partial charge in [0.15, 0.2) is 0 Å². The SMILES string of the molecule is CC(C)(C)C1CCCCC1NC(=O)c1cnns1. The average molecular weight is 267 g/mol. The van der Waals surface area contributed by atoms with Gasteiger partial charge in [0.25, 0.3) is 5.91 Å². The molecule has 2 unspecified atom stereocenters. The average Bonchev–Trinajstić information content (AvgIpc) is 2.81. The van der Waals surface area contributed by atoms with Gasteiger partial charge in [0.05, 0.1) is 6.20 Å². The summed E-state index contributed by atoms with van der Waals surface area (Å²) in [5.74, 6) is 0.530. The molecule has 0 radical (unpaired) electrons. The zero-order valence-electron chi connectivity index (χ0n) is 11.3. The number of nitrogens with zero attached hydrogens (tertiary/aromatic N) is 2. The van der Waals surface area contributed by atoms with Crippen molar-refractivity contribution in [1.29, 1.82) is 0 Å². The third kappa shape index (κ3) is 3.07. The van der Waals surface area contributed by atoms with Crippen LogP contribution in [0.4, 0.5) is 0 Å². The Morgan fingerprint density at radius 1 is 1.39 bits per heavy atom. The molecule has 1 N–H and O–H groups in total. The molecule has 1 amide bonds. The van der Waals surface area contributed by atoms with E-state index in [2.05, 4.69) is 35.7 Å². The first-order valence-electron chi connectivity index (χ1n) is 6.56. The molecular formula is C13H21N3OS. The predicted octanol–water partition coefficient (Wildman–Crippen LogP) is 2.87. The van der Waals surface area contributed by atoms with Crippen LogP contribution in [0.2, 0.25) is 0 Å². The van der Waals surface area contributed by atoms with Crippen LogP contribution in [0.15, 0.2) is 6.20 Å². The highest BCUT2D eigenvalue weighted by atomic mass is 32.1. The predicted molar refractivity (Wildman–Crippen MR) is 72.6 cm³/mol. The fourth-order valence-electron chi connectivity index (χ4n) is 2.85. The van der Waals surface area contributed by atoms with Gasteiger partial charge < -0.3 is 5.32 Å². The summed E-state index contributed by atoms with van der Waals surface area (Å²) >= 11 is 1.16. The number of rotatable bonds is 2. The third-order valence-corrected chi connectivity index (χ3v) is 4.44. The van der Waals surface area contributed by atoms with Gasteiger partial charge in [0.1, 0.15) is 4.88 Å². The van der Waals surface area contributed by atoms with E-state index in [4.69, 9.17) is 0 Å². The second-order valence-electron chi connectivity index (χ2n) is 6.12. The van der Waals surface area contributed by atoms with Crippen molar-refractivity contribution < 1.29 is 4.79 Å². The third-order valence-electron chi connectivity index (χ3n) is 3.78. The summed E-state index contributed by atoms with van der Waals surface area (Å²) in [5.41, 5.74) is 0.240. The minimum Gasteiger partial charge on any atom is -0.348 e. The van der Waals surface area contributed by atoms with Gasteiger partial charge >= 0.3 is 0 Å². The van der Waals surface area contributed by atoms with Crippen LogP contribution in [0.5, 0.6) is 0 Å². The van der Waals surface area contributed by atoms with Gasteiger partial charge in [-0.05, 0) is 35.7 Å². The summed E-state index contributed by atoms with van der Waals surface area (Å²) in [4.78, 5) is 12.7. The van der Waals surface area contributed by atoms with E-state index in [1.165, 1.54) is 25.5 Å². The van der Waals surface area contributed by atoms with Crippen molar-refractivity contribution in [2.75, 3.05) is 0 Å². The Labute approximate surface area is 112 Å². The summed E-state index contributed by atoms with van der Waals surface area (Å²) in [6.07, 6.45) is 6.30. The zero-order chi connectivity index (χ0) is 13.2. The number of nitrogens with one attached hydrogen (secondary N) is 1. The van der Waals surface area contributed by atoms with Gasteiger partial charge in [0.2, 0.25) is 0 Å². The highest BCUT2D eigenvalue weighted by Crippen LogP contribution is 2.38. The highest BCUT2D eigenvalue weighted by Gasteiger charge is 2.35. The summed E-state index contributed by atoms with van der Waals surface area (Å²) in [7, 11) is 0. The Kier molecular flexibility index (Phi) is 4.00. The Morgan fingerprint density at radius 2 is 2.11 bits per heavy atom. The molecule has 0 saturated heterocycles. The molecule has 5 heteroatoms. The quantitative estimate of drug-likeness (QED) is 0.896. The lowest BCUT2D eigenvalue weighted by Gasteiger charge is -2.40. The maximum atomic E-state index is 12.1. The molecule has 4 nitrogen and oxygen atoms in total. The smallest absolute Gasteiger partial charge is 0.264 e. The van der Waals surface area contributed by atoms with E-state index >= 15 is 0 Å². The van der Waals surface area contributed by atoms with Gasteiger partial charge in [-0.25, -0.2) is 0 Å². The second kappa shape index (κ2) is 5.34. The van der Waals surface area contributed by atoms with E-state index in [1.54, 1.807) is 0 Å². The molecule has 1 fully saturated rings. The maximum absolute atomic E-state index is 12.1. The molecule has 1 aromatic heterocycles. The normalized spacial score (nSPS) is 24.8. The van der Waals surface area contributed by atoms with Crippen LogP contribution in [0.25, 0.3) is 0 Å². The molecule has 2 atom stereocenters. The van der Waals surface area contributed by atoms with Crippen molar-refractivity contribution >= 4 is 17.4 Å². The maximum Gasteiger partial charge on any atom is 0.264 e. The molecule has 2 rings (SSSR count). The molecule has 1 aliphatic carbocycles. The van der Waals surface area contributed by atoms with Crippen LogP contribution in [0.3, 0.4) is 0 Å². The van der Waals surface area contributed by atoms with Crippen molar-refractivity contribution in [2.45, 2.75) is 52.5 Å². The molecule has 0 aliphatic heterocycles. The monoisotopic (exact) mass is 267 g/mol. The van der Waals surface area contributed by atoms with Crippen molar-refractivity contribution in [2.24, 2.45) is 11.3 Å². The molecule has 0 bridgehead atoms. The largest absolute Gasteiger partial charge is 0.348 e. The molecule has 18 heavy (non-hydrogen) atoms. The fraction of sp³-hybridized carbons (Fsp3) is 0.769. The minimum atomic E-state index is -0.0221. The van der Waals surface area contributed by atoms with Crippen molar-refractivity contribution in [3.63, 3.8) is 0 Å². The van der Waals surface area contributed by atoms with Crippen LogP contribution >= 0.6 is 11.5 Å². The van der Waals surface area contributed by atoms with E-state index in [9.17, 15) is 4.79 Å². The Balaban J connectivity index is 2.04. The Bertz CT molecular complexity index is 397. The molecule has 100 valence electrons. The van der Waals surface area contributed by atoms with E-state index in [0.29, 0.717) is 10.8 Å². The minimum absolute atomic E-state index is 0.0221. The first-order chi connectivity index (χ1) is 8.48. The number of hydrogen-bond acceptors (Lipinski definition) is 4. The summed E-state index contributed by atoms with van der Waals surface area (Å²) < 4.78 is 3.73. The second-order valence-corrected chi connectivity index (χ2v) is 6.90. The van der Waals surface area contributed by atoms with Crippen molar-refractivity contribution in [3.05, 3.63) is 11.1 Å². The first-order valence-corrected chi connectivity index (χ1v) is 7.34. The standard InChI is InChI=1S/C13H21N3OS/c1-13(2,3)9-6-4-5-7-10(9)15-12(17)11-8-14-16-18-11/h8-10H,4-7H2,1-3H3,(H,15,17). The molecule has 1 saturated carbocycles. The number of carbonyl (C=O) groups is 1. The highest BCUT2D eigenvalue weighted by molar-refractivity contribution is 7.07. The van der Waals surface area contributed by atoms with Crippen LogP contribution in [0.1, 0.15) is 56.1 Å². The summed E-state index contributed by atoms with van der Waals surface area (Å²) in [6.45, 7) is 6.78. The van der Waals surface area contributed by atoms with Crippen LogP contribution in [0, 0.1) is 11.3 Å². The number of hydrogen-bond donors (Lipinski definition) is 1. The summed E-state index contributed by atoms with van der Waals surface area (Å²) in [6, 6.07) is 0.286. The fourth-order valence-corrected chi connectivity index (χ4v) is 3.27. The van der Waals surface area contributed by atoms with Gasteiger partial charge in [-0.15, -0.1) is 5.10 Å². The molecule has 0 aromatic carbocycles. The Hall–Kier alpha value is -0.970. The molecule has 1 aromatic rings. The van der Waals surface area contributed by atoms with Crippen LogP contribution < -0.4 is 5.32 Å². The summed E-state index contributed by atoms with van der Waals surface area (Å²) in [5, 5.41) is 6.88. The topological polar surface area (TPSA) is 54.9 Å². The van der Waals surface area contributed by atoms with E-state index in [1.807, 2.05) is 0 Å². The van der Waals surface area contributed by atoms with Gasteiger partial charge in [-0.2, -0.15) is 0 Å². The lowest BCUT2D eigenvalue weighted by molar-refractivity contribution is 0.0834. The molecule has 1 aliphatic rings. The number of amides is 1. The van der Waals surface area contributed by atoms with Gasteiger partial charge in [0, 0.05) is 6.04 Å². The lowest BCUT2D eigenvalue weighted by Crippen LogP contribution is -2.46. The molecule has 0 spiro atoms. The van der Waals surface area contributed by atoms with Gasteiger partial charge in [-0.1, -0.05) is 38.1 Å². The number of aromatic nitrogens is 2. The number of carbonyl (C=O) groups excluding carboxylic acids is 1.